The van der Waals surface area contributed by atoms with Crippen LogP contribution in [0.5, 0.6) is 0 Å². The summed E-state index contributed by atoms with van der Waals surface area (Å²) < 4.78 is 10.3. The fourth-order valence-corrected chi connectivity index (χ4v) is 2.65. The number of nitrogens with zero attached hydrogens (tertiary/aromatic N) is 2. The Kier molecular flexibility index (Phi) is 9.37. The maximum absolute atomic E-state index is 5.18. The molecule has 1 saturated heterocycles. The molecule has 0 aromatic carbocycles. The number of nitrogens with one attached hydrogen (secondary N) is 2. The van der Waals surface area contributed by atoms with E-state index in [-0.39, 0.29) is 6.04 Å². The van der Waals surface area contributed by atoms with E-state index in [0.717, 1.165) is 38.7 Å². The summed E-state index contributed by atoms with van der Waals surface area (Å²) in [6.45, 7) is 9.50. The van der Waals surface area contributed by atoms with Gasteiger partial charge in [-0.3, -0.25) is 9.89 Å². The minimum Gasteiger partial charge on any atom is -0.383 e. The van der Waals surface area contributed by atoms with E-state index in [1.54, 1.807) is 14.2 Å². The molecule has 0 bridgehead atoms. The van der Waals surface area contributed by atoms with Gasteiger partial charge in [0, 0.05) is 39.4 Å². The van der Waals surface area contributed by atoms with Crippen LogP contribution in [0.1, 0.15) is 26.7 Å². The van der Waals surface area contributed by atoms with Crippen LogP contribution in [0.4, 0.5) is 0 Å². The molecule has 1 rings (SSSR count). The summed E-state index contributed by atoms with van der Waals surface area (Å²) >= 11 is 0. The highest BCUT2D eigenvalue weighted by Crippen LogP contribution is 2.16. The van der Waals surface area contributed by atoms with Crippen molar-refractivity contribution in [3.63, 3.8) is 0 Å². The van der Waals surface area contributed by atoms with Gasteiger partial charge in [-0.05, 0) is 33.2 Å². The molecule has 2 atom stereocenters. The maximum Gasteiger partial charge on any atom is 0.191 e. The Bertz CT molecular complexity index is 299. The molecule has 0 saturated carbocycles. The van der Waals surface area contributed by atoms with Crippen LogP contribution in [-0.4, -0.2) is 76.6 Å². The van der Waals surface area contributed by atoms with Crippen LogP contribution in [0.2, 0.25) is 0 Å². The Balaban J connectivity index is 2.47. The van der Waals surface area contributed by atoms with E-state index < -0.39 is 0 Å². The normalized spacial score (nSPS) is 21.5. The minimum atomic E-state index is 0.251. The molecule has 1 aliphatic heterocycles. The van der Waals surface area contributed by atoms with Gasteiger partial charge in [0.25, 0.3) is 0 Å². The molecular formula is C15H32N4O2. The summed E-state index contributed by atoms with van der Waals surface area (Å²) in [5, 5.41) is 6.67. The largest absolute Gasteiger partial charge is 0.383 e. The Labute approximate surface area is 129 Å². The van der Waals surface area contributed by atoms with Crippen LogP contribution >= 0.6 is 0 Å². The van der Waals surface area contributed by atoms with Crippen LogP contribution in [0.15, 0.2) is 4.99 Å². The zero-order valence-corrected chi connectivity index (χ0v) is 14.0. The lowest BCUT2D eigenvalue weighted by molar-refractivity contribution is 0.142. The van der Waals surface area contributed by atoms with E-state index in [0.29, 0.717) is 12.6 Å². The third-order valence-electron chi connectivity index (χ3n) is 3.69. The highest BCUT2D eigenvalue weighted by molar-refractivity contribution is 5.80. The first kappa shape index (κ1) is 18.2. The van der Waals surface area contributed by atoms with E-state index in [2.05, 4.69) is 29.4 Å². The highest BCUT2D eigenvalue weighted by atomic mass is 16.5. The van der Waals surface area contributed by atoms with Crippen LogP contribution in [0.3, 0.4) is 0 Å². The third-order valence-corrected chi connectivity index (χ3v) is 3.69. The number of aliphatic imine (C=N–C) groups is 1. The molecule has 21 heavy (non-hydrogen) atoms. The van der Waals surface area contributed by atoms with Gasteiger partial charge in [-0.15, -0.1) is 0 Å². The van der Waals surface area contributed by atoms with Crippen molar-refractivity contribution in [1.29, 1.82) is 0 Å². The summed E-state index contributed by atoms with van der Waals surface area (Å²) in [5.74, 6) is 0.876. The van der Waals surface area contributed by atoms with E-state index >= 15 is 0 Å². The number of methoxy groups -OCH3 is 2. The average molecular weight is 300 g/mol. The Hall–Kier alpha value is -0.850. The second-order valence-electron chi connectivity index (χ2n) is 5.55. The van der Waals surface area contributed by atoms with Gasteiger partial charge in [0.1, 0.15) is 0 Å². The summed E-state index contributed by atoms with van der Waals surface area (Å²) in [6, 6.07) is 0.786. The molecule has 6 heteroatoms. The van der Waals surface area contributed by atoms with E-state index in [1.165, 1.54) is 12.8 Å². The quantitative estimate of drug-likeness (QED) is 0.485. The average Bonchev–Trinajstić information content (AvgIpc) is 2.90. The number of ether oxygens (including phenoxy) is 2. The van der Waals surface area contributed by atoms with Crippen molar-refractivity contribution >= 4 is 5.96 Å². The fraction of sp³-hybridized carbons (Fsp3) is 0.933. The van der Waals surface area contributed by atoms with Gasteiger partial charge >= 0.3 is 0 Å². The summed E-state index contributed by atoms with van der Waals surface area (Å²) in [7, 11) is 3.47. The van der Waals surface area contributed by atoms with Gasteiger partial charge in [-0.25, -0.2) is 0 Å². The van der Waals surface area contributed by atoms with E-state index in [1.807, 2.05) is 0 Å². The van der Waals surface area contributed by atoms with E-state index in [9.17, 15) is 0 Å². The molecule has 2 unspecified atom stereocenters. The number of rotatable bonds is 9. The topological polar surface area (TPSA) is 58.1 Å². The Morgan fingerprint density at radius 2 is 2.19 bits per heavy atom. The number of hydrogen-bond donors (Lipinski definition) is 2. The smallest absolute Gasteiger partial charge is 0.191 e. The predicted octanol–water partition coefficient (Wildman–Crippen LogP) is 0.687. The summed E-state index contributed by atoms with van der Waals surface area (Å²) in [5.41, 5.74) is 0. The molecule has 1 fully saturated rings. The Morgan fingerprint density at radius 1 is 1.38 bits per heavy atom. The first-order valence-corrected chi connectivity index (χ1v) is 7.98. The molecular weight excluding hydrogens is 268 g/mol. The van der Waals surface area contributed by atoms with Crippen molar-refractivity contribution in [3.8, 4) is 0 Å². The van der Waals surface area contributed by atoms with Crippen molar-refractivity contribution in [1.82, 2.24) is 15.5 Å². The van der Waals surface area contributed by atoms with Crippen molar-refractivity contribution in [3.05, 3.63) is 0 Å². The maximum atomic E-state index is 5.18. The lowest BCUT2D eigenvalue weighted by Gasteiger charge is -2.23. The molecule has 0 aromatic heterocycles. The molecule has 1 aliphatic rings. The summed E-state index contributed by atoms with van der Waals surface area (Å²) in [4.78, 5) is 7.21. The molecule has 1 heterocycles. The molecule has 0 amide bonds. The van der Waals surface area contributed by atoms with Crippen LogP contribution in [0.25, 0.3) is 0 Å². The molecule has 2 N–H and O–H groups in total. The standard InChI is InChI=1S/C15H32N4O2/c1-5-16-15(18-13(2)12-21-4)17-11-14-7-6-8-19(14)9-10-20-3/h13-14H,5-12H2,1-4H3,(H2,16,17,18). The second kappa shape index (κ2) is 10.8. The fourth-order valence-electron chi connectivity index (χ4n) is 2.65. The third kappa shape index (κ3) is 7.11. The Morgan fingerprint density at radius 3 is 2.86 bits per heavy atom. The zero-order chi connectivity index (χ0) is 15.5. The lowest BCUT2D eigenvalue weighted by Crippen LogP contribution is -2.44. The van der Waals surface area contributed by atoms with Crippen LogP contribution in [0, 0.1) is 0 Å². The van der Waals surface area contributed by atoms with Crippen LogP contribution < -0.4 is 10.6 Å². The highest BCUT2D eigenvalue weighted by Gasteiger charge is 2.23. The van der Waals surface area contributed by atoms with Gasteiger partial charge < -0.3 is 20.1 Å². The molecule has 0 aromatic rings. The first-order chi connectivity index (χ1) is 10.2. The molecule has 0 spiro atoms. The van der Waals surface area contributed by atoms with Crippen LogP contribution in [-0.2, 0) is 9.47 Å². The first-order valence-electron chi connectivity index (χ1n) is 7.98. The van der Waals surface area contributed by atoms with E-state index in [4.69, 9.17) is 14.5 Å². The summed E-state index contributed by atoms with van der Waals surface area (Å²) in [6.07, 6.45) is 2.48. The van der Waals surface area contributed by atoms with Gasteiger partial charge in [-0.1, -0.05) is 0 Å². The van der Waals surface area contributed by atoms with Gasteiger partial charge in [0.2, 0.25) is 0 Å². The number of likely N-dealkylation sites (tertiary alicyclic amines) is 1. The molecule has 0 aliphatic carbocycles. The molecule has 124 valence electrons. The molecule has 6 nitrogen and oxygen atoms in total. The van der Waals surface area contributed by atoms with Crippen molar-refractivity contribution < 1.29 is 9.47 Å². The number of hydrogen-bond acceptors (Lipinski definition) is 4. The van der Waals surface area contributed by atoms with Gasteiger partial charge in [0.05, 0.1) is 19.8 Å². The second-order valence-corrected chi connectivity index (χ2v) is 5.55. The van der Waals surface area contributed by atoms with Crippen molar-refractivity contribution in [2.45, 2.75) is 38.8 Å². The lowest BCUT2D eigenvalue weighted by atomic mass is 10.2. The van der Waals surface area contributed by atoms with Crippen molar-refractivity contribution in [2.75, 3.05) is 53.6 Å². The number of guanidine groups is 1. The van der Waals surface area contributed by atoms with Gasteiger partial charge in [0.15, 0.2) is 5.96 Å². The van der Waals surface area contributed by atoms with Gasteiger partial charge in [-0.2, -0.15) is 0 Å². The minimum absolute atomic E-state index is 0.251. The zero-order valence-electron chi connectivity index (χ0n) is 14.0. The SMILES string of the molecule is CCNC(=NCC1CCCN1CCOC)NC(C)COC. The monoisotopic (exact) mass is 300 g/mol. The predicted molar refractivity (Wildman–Crippen MR) is 86.9 cm³/mol. The molecule has 0 radical (unpaired) electrons. The van der Waals surface area contributed by atoms with Crippen molar-refractivity contribution in [2.24, 2.45) is 4.99 Å².